The molecule has 0 radical (unpaired) electrons. The van der Waals surface area contributed by atoms with Crippen LogP contribution in [0.2, 0.25) is 0 Å². The van der Waals surface area contributed by atoms with Crippen LogP contribution in [-0.4, -0.2) is 73.1 Å². The minimum absolute atomic E-state index is 0.0919. The second kappa shape index (κ2) is 24.0. The monoisotopic (exact) mass is 1200 g/mol. The predicted molar refractivity (Wildman–Crippen MR) is 318 cm³/mol. The normalized spacial score (nSPS) is 24.8. The fraction of sp³-hybridized carbons (Fsp3) is 0.344. The highest BCUT2D eigenvalue weighted by atomic mass is 32.2. The lowest BCUT2D eigenvalue weighted by atomic mass is 9.86. The summed E-state index contributed by atoms with van der Waals surface area (Å²) in [5.74, 6) is -3.59. The molecule has 84 heavy (non-hydrogen) atoms. The molecule has 6 aromatic carbocycles. The Kier molecular flexibility index (Phi) is 16.5. The van der Waals surface area contributed by atoms with Crippen LogP contribution in [0.1, 0.15) is 128 Å². The molecule has 2 N–H and O–H groups in total. The van der Waals surface area contributed by atoms with E-state index in [0.29, 0.717) is 15.1 Å². The summed E-state index contributed by atoms with van der Waals surface area (Å²) < 4.78 is 84.7. The largest absolute Gasteiger partial charge is 0.306 e. The van der Waals surface area contributed by atoms with Gasteiger partial charge in [-0.2, -0.15) is 15.3 Å². The maximum atomic E-state index is 14.6. The van der Waals surface area contributed by atoms with Crippen LogP contribution < -0.4 is 10.6 Å². The molecule has 2 fully saturated rings. The van der Waals surface area contributed by atoms with E-state index >= 15 is 0 Å². The summed E-state index contributed by atoms with van der Waals surface area (Å²) in [6.07, 6.45) is 12.2. The molecule has 434 valence electrons. The van der Waals surface area contributed by atoms with E-state index in [-0.39, 0.29) is 46.5 Å². The van der Waals surface area contributed by atoms with Gasteiger partial charge in [-0.1, -0.05) is 115 Å². The zero-order chi connectivity index (χ0) is 58.3. The van der Waals surface area contributed by atoms with Crippen LogP contribution >= 0.6 is 35.3 Å². The Morgan fingerprint density at radius 3 is 1.15 bits per heavy atom. The second-order valence-corrected chi connectivity index (χ2v) is 25.9. The number of aryl methyl sites for hydroxylation is 3. The Balaban J connectivity index is 0.000000125. The SMILES string of the molecule is CC(=O)N1N=C(c2cc(F)ccc2F)SC12CCCc1ccccc12.O=C([C@@H]1CCCCN1)N1N=C(c2cc(F)ccc2F)SC12CCCc1ccccc12.O=C([C@@H]1CCCN1)N1N=C(c2cc(F)ccc2F)SC12CCCc1ccccc12. The molecule has 0 aromatic heterocycles. The summed E-state index contributed by atoms with van der Waals surface area (Å²) in [5.41, 5.74) is 6.94. The number of hydrazone groups is 3. The number of fused-ring (bicyclic) bond motifs is 6. The van der Waals surface area contributed by atoms with Crippen LogP contribution in [0, 0.1) is 34.9 Å². The summed E-state index contributed by atoms with van der Waals surface area (Å²) in [5, 5.41) is 25.8. The molecule has 3 spiro atoms. The number of halogens is 6. The first-order valence-electron chi connectivity index (χ1n) is 28.6. The van der Waals surface area contributed by atoms with Gasteiger partial charge in [-0.05, 0) is 185 Å². The van der Waals surface area contributed by atoms with Gasteiger partial charge in [0.1, 0.15) is 64.6 Å². The van der Waals surface area contributed by atoms with Crippen molar-refractivity contribution in [2.24, 2.45) is 15.3 Å². The molecule has 0 bridgehead atoms. The number of carbonyl (C=O) groups is 3. The predicted octanol–water partition coefficient (Wildman–Crippen LogP) is 13.1. The third kappa shape index (κ3) is 10.8. The molecule has 6 aromatic rings. The number of amides is 3. The van der Waals surface area contributed by atoms with Gasteiger partial charge in [0, 0.05) is 23.6 Å². The van der Waals surface area contributed by atoms with Crippen LogP contribution in [0.4, 0.5) is 26.3 Å². The highest BCUT2D eigenvalue weighted by Gasteiger charge is 2.55. The average molecular weight is 1200 g/mol. The van der Waals surface area contributed by atoms with Crippen LogP contribution in [0.25, 0.3) is 0 Å². The lowest BCUT2D eigenvalue weighted by Crippen LogP contribution is -2.52. The molecular formula is C64H60F6N8O3S3. The topological polar surface area (TPSA) is 122 Å². The first-order valence-corrected chi connectivity index (χ1v) is 31.0. The molecule has 3 unspecified atom stereocenters. The van der Waals surface area contributed by atoms with Crippen molar-refractivity contribution in [3.63, 3.8) is 0 Å². The number of rotatable bonds is 5. The number of benzene rings is 6. The molecule has 14 rings (SSSR count). The van der Waals surface area contributed by atoms with Crippen LogP contribution in [0.3, 0.4) is 0 Å². The molecule has 5 aliphatic heterocycles. The van der Waals surface area contributed by atoms with E-state index in [0.717, 1.165) is 174 Å². The zero-order valence-corrected chi connectivity index (χ0v) is 48.4. The maximum absolute atomic E-state index is 14.6. The van der Waals surface area contributed by atoms with Gasteiger partial charge in [0.25, 0.3) is 11.8 Å². The maximum Gasteiger partial charge on any atom is 0.261 e. The zero-order valence-electron chi connectivity index (χ0n) is 46.0. The summed E-state index contributed by atoms with van der Waals surface area (Å²) in [7, 11) is 0. The van der Waals surface area contributed by atoms with Gasteiger partial charge in [0.2, 0.25) is 5.91 Å². The molecule has 11 nitrogen and oxygen atoms in total. The number of hydrogen-bond donors (Lipinski definition) is 2. The molecule has 2 saturated heterocycles. The Bertz CT molecular complexity index is 3670. The van der Waals surface area contributed by atoms with Crippen molar-refractivity contribution in [1.29, 1.82) is 0 Å². The molecule has 3 amide bonds. The molecule has 5 atom stereocenters. The van der Waals surface area contributed by atoms with E-state index in [1.54, 1.807) is 10.0 Å². The van der Waals surface area contributed by atoms with Crippen LogP contribution in [-0.2, 0) is 48.3 Å². The summed E-state index contributed by atoms with van der Waals surface area (Å²) in [6, 6.07) is 33.6. The smallest absolute Gasteiger partial charge is 0.261 e. The number of hydrogen-bond acceptors (Lipinski definition) is 11. The van der Waals surface area contributed by atoms with Crippen LogP contribution in [0.15, 0.2) is 143 Å². The van der Waals surface area contributed by atoms with Gasteiger partial charge in [-0.15, -0.1) is 0 Å². The third-order valence-electron chi connectivity index (χ3n) is 16.8. The third-order valence-corrected chi connectivity index (χ3v) is 21.0. The summed E-state index contributed by atoms with van der Waals surface area (Å²) in [4.78, 5) is 37.2. The van der Waals surface area contributed by atoms with Crippen molar-refractivity contribution >= 4 is 68.1 Å². The van der Waals surface area contributed by atoms with E-state index < -0.39 is 49.5 Å². The Labute approximate surface area is 496 Å². The Hall–Kier alpha value is -6.71. The van der Waals surface area contributed by atoms with E-state index in [2.05, 4.69) is 44.1 Å². The fourth-order valence-electron chi connectivity index (χ4n) is 12.8. The van der Waals surface area contributed by atoms with E-state index in [9.17, 15) is 40.7 Å². The van der Waals surface area contributed by atoms with E-state index in [1.165, 1.54) is 63.9 Å². The minimum Gasteiger partial charge on any atom is -0.306 e. The molecule has 0 saturated carbocycles. The van der Waals surface area contributed by atoms with Gasteiger partial charge in [0.05, 0.1) is 12.1 Å². The molecular weight excluding hydrogens is 1140 g/mol. The summed E-state index contributed by atoms with van der Waals surface area (Å²) in [6.45, 7) is 3.06. The lowest BCUT2D eigenvalue weighted by Gasteiger charge is -2.41. The molecule has 8 aliphatic rings. The quantitative estimate of drug-likeness (QED) is 0.164. The highest BCUT2D eigenvalue weighted by Crippen LogP contribution is 2.57. The Morgan fingerprint density at radius 1 is 0.452 bits per heavy atom. The van der Waals surface area contributed by atoms with Gasteiger partial charge >= 0.3 is 0 Å². The van der Waals surface area contributed by atoms with E-state index in [1.807, 2.05) is 54.6 Å². The van der Waals surface area contributed by atoms with Gasteiger partial charge in [-0.3, -0.25) is 14.4 Å². The van der Waals surface area contributed by atoms with Gasteiger partial charge in [0.15, 0.2) is 0 Å². The fourth-order valence-corrected chi connectivity index (χ4v) is 17.3. The first kappa shape index (κ1) is 57.7. The second-order valence-electron chi connectivity index (χ2n) is 22.1. The van der Waals surface area contributed by atoms with Gasteiger partial charge < -0.3 is 10.6 Å². The molecule has 3 aliphatic carbocycles. The number of carbonyl (C=O) groups excluding carboxylic acids is 3. The standard InChI is InChI=1S/C23H23F2N3OS.C22H21F2N3OS.C19H16F2N2OS/c24-16-10-11-19(25)17(14-16)21-27-28(22(29)20-9-3-4-13-26-20)23(30-21)12-5-7-15-6-1-2-8-18(15)23;23-15-9-10-18(24)16(13-15)20-26-27(21(28)19-8-4-12-25-19)22(29-20)11-3-6-14-5-1-2-7-17(14)22;1-12(24)23-19(10-4-6-13-5-2-3-7-16(13)19)25-18(22-23)15-11-14(20)8-9-17(15)21/h1-2,6,8,10-11,14,20,26H,3-5,7,9,12-13H2;1-2,5,7,9-10,13,19,25H,3-4,6,8,11-12H2;2-3,5,7-9,11H,4,6,10H2,1H3/t20-,23?;19-,22?;/m00./s1. The number of nitrogens with one attached hydrogen (secondary N) is 2. The number of thioether (sulfide) groups is 3. The van der Waals surface area contributed by atoms with Crippen molar-refractivity contribution < 1.29 is 40.7 Å². The average Bonchev–Trinajstić information content (AvgIpc) is 3.74. The Morgan fingerprint density at radius 2 is 0.798 bits per heavy atom. The minimum atomic E-state index is -0.723. The van der Waals surface area contributed by atoms with Crippen molar-refractivity contribution in [3.05, 3.63) is 212 Å². The lowest BCUT2D eigenvalue weighted by molar-refractivity contribution is -0.138. The van der Waals surface area contributed by atoms with Crippen molar-refractivity contribution in [1.82, 2.24) is 25.7 Å². The molecule has 20 heteroatoms. The highest BCUT2D eigenvalue weighted by molar-refractivity contribution is 8.16. The van der Waals surface area contributed by atoms with Crippen molar-refractivity contribution in [2.75, 3.05) is 13.1 Å². The van der Waals surface area contributed by atoms with Crippen LogP contribution in [0.5, 0.6) is 0 Å². The van der Waals surface area contributed by atoms with Crippen molar-refractivity contribution in [3.8, 4) is 0 Å². The number of nitrogens with zero attached hydrogens (tertiary/aromatic N) is 6. The summed E-state index contributed by atoms with van der Waals surface area (Å²) >= 11 is 4.08. The first-order chi connectivity index (χ1) is 40.7. The number of piperidine rings is 1. The van der Waals surface area contributed by atoms with Crippen molar-refractivity contribution in [2.45, 2.75) is 124 Å². The molecule has 5 heterocycles. The van der Waals surface area contributed by atoms with E-state index in [4.69, 9.17) is 0 Å². The van der Waals surface area contributed by atoms with Gasteiger partial charge in [-0.25, -0.2) is 41.4 Å².